The number of nitrogens with zero attached hydrogens (tertiary/aromatic N) is 2. The lowest BCUT2D eigenvalue weighted by molar-refractivity contribution is -0.132. The molecule has 2 heterocycles. The average molecular weight is 449 g/mol. The molecule has 1 aliphatic heterocycles. The van der Waals surface area contributed by atoms with Gasteiger partial charge in [0.25, 0.3) is 11.7 Å². The van der Waals surface area contributed by atoms with Gasteiger partial charge in [-0.15, -0.1) is 0 Å². The number of rotatable bonds is 5. The molecule has 1 fully saturated rings. The van der Waals surface area contributed by atoms with Gasteiger partial charge in [-0.1, -0.05) is 23.7 Å². The molecule has 1 atom stereocenters. The van der Waals surface area contributed by atoms with E-state index in [1.165, 1.54) is 4.90 Å². The van der Waals surface area contributed by atoms with Crippen LogP contribution in [0, 0.1) is 6.92 Å². The molecule has 1 saturated heterocycles. The number of anilines is 1. The number of ketones is 1. The maximum Gasteiger partial charge on any atom is 0.300 e. The molecule has 4 rings (SSSR count). The maximum atomic E-state index is 13.2. The predicted octanol–water partition coefficient (Wildman–Crippen LogP) is 5.07. The highest BCUT2D eigenvalue weighted by molar-refractivity contribution is 6.52. The van der Waals surface area contributed by atoms with E-state index in [1.54, 1.807) is 67.0 Å². The van der Waals surface area contributed by atoms with Crippen LogP contribution in [0.4, 0.5) is 5.69 Å². The molecular weight excluding hydrogens is 428 g/mol. The van der Waals surface area contributed by atoms with Gasteiger partial charge in [-0.25, -0.2) is 0 Å². The minimum absolute atomic E-state index is 0.00784. The molecule has 3 aromatic rings. The summed E-state index contributed by atoms with van der Waals surface area (Å²) in [4.78, 5) is 31.9. The van der Waals surface area contributed by atoms with Crippen molar-refractivity contribution in [2.24, 2.45) is 0 Å². The SMILES string of the molecule is CCOc1ccc(/C(O)=C2\C(=O)C(=O)N(c3cc(Cl)ccc3C)C2c2cccnc2)cc1. The van der Waals surface area contributed by atoms with E-state index in [0.717, 1.165) is 5.56 Å². The minimum Gasteiger partial charge on any atom is -0.507 e. The number of halogens is 1. The van der Waals surface area contributed by atoms with Crippen molar-refractivity contribution in [1.29, 1.82) is 0 Å². The van der Waals surface area contributed by atoms with E-state index in [4.69, 9.17) is 16.3 Å². The summed E-state index contributed by atoms with van der Waals surface area (Å²) < 4.78 is 5.45. The fraction of sp³-hybridized carbons (Fsp3) is 0.160. The normalized spacial score (nSPS) is 17.6. The van der Waals surface area contributed by atoms with Gasteiger partial charge in [0.1, 0.15) is 11.5 Å². The molecule has 0 bridgehead atoms. The number of aliphatic hydroxyl groups excluding tert-OH is 1. The highest BCUT2D eigenvalue weighted by Gasteiger charge is 2.47. The third kappa shape index (κ3) is 3.85. The summed E-state index contributed by atoms with van der Waals surface area (Å²) in [6.07, 6.45) is 3.18. The van der Waals surface area contributed by atoms with Crippen molar-refractivity contribution in [3.05, 3.63) is 94.3 Å². The molecule has 0 spiro atoms. The number of carbonyl (C=O) groups is 2. The van der Waals surface area contributed by atoms with Crippen LogP contribution in [0.5, 0.6) is 5.75 Å². The van der Waals surface area contributed by atoms with Gasteiger partial charge in [-0.3, -0.25) is 19.5 Å². The van der Waals surface area contributed by atoms with Crippen LogP contribution >= 0.6 is 11.6 Å². The van der Waals surface area contributed by atoms with Gasteiger partial charge in [0.05, 0.1) is 18.2 Å². The van der Waals surface area contributed by atoms with Gasteiger partial charge in [-0.05, 0) is 67.4 Å². The fourth-order valence-electron chi connectivity index (χ4n) is 3.81. The summed E-state index contributed by atoms with van der Waals surface area (Å²) in [6.45, 7) is 4.22. The van der Waals surface area contributed by atoms with E-state index in [1.807, 2.05) is 13.8 Å². The van der Waals surface area contributed by atoms with Crippen LogP contribution in [0.3, 0.4) is 0 Å². The molecule has 1 amide bonds. The first-order valence-electron chi connectivity index (χ1n) is 10.1. The Kier molecular flexibility index (Phi) is 5.97. The van der Waals surface area contributed by atoms with Crippen LogP contribution in [0.2, 0.25) is 5.02 Å². The van der Waals surface area contributed by atoms with Gasteiger partial charge in [0.15, 0.2) is 0 Å². The molecule has 0 radical (unpaired) electrons. The lowest BCUT2D eigenvalue weighted by Gasteiger charge is -2.26. The van der Waals surface area contributed by atoms with E-state index < -0.39 is 17.7 Å². The molecule has 1 aliphatic rings. The Bertz CT molecular complexity index is 1210. The third-order valence-electron chi connectivity index (χ3n) is 5.31. The average Bonchev–Trinajstić information content (AvgIpc) is 3.07. The summed E-state index contributed by atoms with van der Waals surface area (Å²) >= 11 is 6.20. The maximum absolute atomic E-state index is 13.2. The number of aryl methyl sites for hydroxylation is 1. The second-order valence-electron chi connectivity index (χ2n) is 7.34. The molecule has 32 heavy (non-hydrogen) atoms. The molecule has 162 valence electrons. The minimum atomic E-state index is -0.854. The van der Waals surface area contributed by atoms with E-state index >= 15 is 0 Å². The van der Waals surface area contributed by atoms with Crippen molar-refractivity contribution in [3.8, 4) is 5.75 Å². The van der Waals surface area contributed by atoms with Crippen LogP contribution in [-0.4, -0.2) is 28.4 Å². The smallest absolute Gasteiger partial charge is 0.300 e. The Morgan fingerprint density at radius 3 is 2.56 bits per heavy atom. The van der Waals surface area contributed by atoms with Crippen molar-refractivity contribution in [2.75, 3.05) is 11.5 Å². The van der Waals surface area contributed by atoms with E-state index in [9.17, 15) is 14.7 Å². The number of aliphatic hydroxyl groups is 1. The van der Waals surface area contributed by atoms with Crippen molar-refractivity contribution in [1.82, 2.24) is 4.98 Å². The third-order valence-corrected chi connectivity index (χ3v) is 5.55. The second-order valence-corrected chi connectivity index (χ2v) is 7.78. The number of pyridine rings is 1. The Balaban J connectivity index is 1.91. The zero-order chi connectivity index (χ0) is 22.8. The number of ether oxygens (including phenoxy) is 1. The van der Waals surface area contributed by atoms with E-state index in [-0.39, 0.29) is 11.3 Å². The molecule has 0 saturated carbocycles. The lowest BCUT2D eigenvalue weighted by Crippen LogP contribution is -2.30. The van der Waals surface area contributed by atoms with Gasteiger partial charge >= 0.3 is 0 Å². The first-order chi connectivity index (χ1) is 15.4. The van der Waals surface area contributed by atoms with Crippen LogP contribution in [-0.2, 0) is 9.59 Å². The number of amides is 1. The van der Waals surface area contributed by atoms with Crippen molar-refractivity contribution in [2.45, 2.75) is 19.9 Å². The van der Waals surface area contributed by atoms with Gasteiger partial charge in [-0.2, -0.15) is 0 Å². The topological polar surface area (TPSA) is 79.7 Å². The first kappa shape index (κ1) is 21.6. The second kappa shape index (κ2) is 8.85. The number of aromatic nitrogens is 1. The van der Waals surface area contributed by atoms with Crippen molar-refractivity contribution >= 4 is 34.7 Å². The molecule has 2 aromatic carbocycles. The Hall–Kier alpha value is -3.64. The summed E-state index contributed by atoms with van der Waals surface area (Å²) in [6, 6.07) is 14.5. The summed E-state index contributed by atoms with van der Waals surface area (Å²) in [5, 5.41) is 11.6. The quantitative estimate of drug-likeness (QED) is 0.335. The number of hydrogen-bond donors (Lipinski definition) is 1. The zero-order valence-corrected chi connectivity index (χ0v) is 18.3. The van der Waals surface area contributed by atoms with E-state index in [0.29, 0.717) is 34.2 Å². The molecule has 1 aromatic heterocycles. The molecule has 1 N–H and O–H groups in total. The highest BCUT2D eigenvalue weighted by atomic mass is 35.5. The first-order valence-corrected chi connectivity index (χ1v) is 10.5. The molecule has 6 nitrogen and oxygen atoms in total. The summed E-state index contributed by atoms with van der Waals surface area (Å²) in [7, 11) is 0. The summed E-state index contributed by atoms with van der Waals surface area (Å²) in [5.41, 5.74) is 2.26. The lowest BCUT2D eigenvalue weighted by atomic mass is 9.96. The number of Topliss-reactive ketones (excluding diaryl/α,β-unsaturated/α-hetero) is 1. The largest absolute Gasteiger partial charge is 0.507 e. The van der Waals surface area contributed by atoms with Crippen LogP contribution in [0.25, 0.3) is 5.76 Å². The summed E-state index contributed by atoms with van der Waals surface area (Å²) in [5.74, 6) is -1.13. The Morgan fingerprint density at radius 1 is 1.16 bits per heavy atom. The number of benzene rings is 2. The van der Waals surface area contributed by atoms with Crippen LogP contribution in [0.1, 0.15) is 29.7 Å². The van der Waals surface area contributed by atoms with E-state index in [2.05, 4.69) is 4.98 Å². The van der Waals surface area contributed by atoms with Crippen LogP contribution < -0.4 is 9.64 Å². The molecule has 0 aliphatic carbocycles. The fourth-order valence-corrected chi connectivity index (χ4v) is 3.97. The van der Waals surface area contributed by atoms with Gasteiger partial charge in [0, 0.05) is 28.7 Å². The zero-order valence-electron chi connectivity index (χ0n) is 17.6. The predicted molar refractivity (Wildman–Crippen MR) is 123 cm³/mol. The number of carbonyl (C=O) groups excluding carboxylic acids is 2. The van der Waals surface area contributed by atoms with Crippen molar-refractivity contribution in [3.63, 3.8) is 0 Å². The van der Waals surface area contributed by atoms with Gasteiger partial charge in [0.2, 0.25) is 0 Å². The Morgan fingerprint density at radius 2 is 1.91 bits per heavy atom. The highest BCUT2D eigenvalue weighted by Crippen LogP contribution is 2.43. The molecular formula is C25H21ClN2O4. The monoisotopic (exact) mass is 448 g/mol. The van der Waals surface area contributed by atoms with Gasteiger partial charge < -0.3 is 9.84 Å². The molecule has 7 heteroatoms. The Labute approximate surface area is 190 Å². The van der Waals surface area contributed by atoms with Crippen molar-refractivity contribution < 1.29 is 19.4 Å². The standard InChI is InChI=1S/C25H21ClN2O4/c1-3-32-19-10-7-16(8-11-19)23(29)21-22(17-5-4-12-27-14-17)28(25(31)24(21)30)20-13-18(26)9-6-15(20)2/h4-14,22,29H,3H2,1-2H3/b23-21+. The number of hydrogen-bond acceptors (Lipinski definition) is 5. The van der Waals surface area contributed by atoms with Crippen LogP contribution in [0.15, 0.2) is 72.6 Å². The molecule has 1 unspecified atom stereocenters.